The highest BCUT2D eigenvalue weighted by Crippen LogP contribution is 2.30. The van der Waals surface area contributed by atoms with E-state index in [2.05, 4.69) is 0 Å². The smallest absolute Gasteiger partial charge is 0.323 e. The van der Waals surface area contributed by atoms with Crippen LogP contribution in [0.1, 0.15) is 40.0 Å². The maximum atomic E-state index is 11.5. The van der Waals surface area contributed by atoms with Gasteiger partial charge in [-0.15, -0.1) is 0 Å². The zero-order valence-corrected chi connectivity index (χ0v) is 9.00. The second kappa shape index (κ2) is 5.62. The van der Waals surface area contributed by atoms with Gasteiger partial charge in [0.05, 0.1) is 6.61 Å². The van der Waals surface area contributed by atoms with Gasteiger partial charge in [0, 0.05) is 0 Å². The number of esters is 1. The van der Waals surface area contributed by atoms with Crippen LogP contribution in [0.5, 0.6) is 0 Å². The molecule has 1 atom stereocenters. The lowest BCUT2D eigenvalue weighted by atomic mass is 9.81. The molecule has 82 valence electrons. The lowest BCUT2D eigenvalue weighted by Crippen LogP contribution is -2.40. The van der Waals surface area contributed by atoms with Gasteiger partial charge in [0.1, 0.15) is 0 Å². The minimum absolute atomic E-state index is 0.220. The molecule has 0 rings (SSSR count). The van der Waals surface area contributed by atoms with Gasteiger partial charge in [-0.1, -0.05) is 20.3 Å². The van der Waals surface area contributed by atoms with E-state index in [1.165, 1.54) is 0 Å². The van der Waals surface area contributed by atoms with E-state index in [0.717, 1.165) is 0 Å². The summed E-state index contributed by atoms with van der Waals surface area (Å²) >= 11 is 0. The van der Waals surface area contributed by atoms with Crippen LogP contribution in [-0.2, 0) is 14.3 Å². The summed E-state index contributed by atoms with van der Waals surface area (Å²) in [5.74, 6) is -1.70. The number of carbonyl (C=O) groups is 2. The van der Waals surface area contributed by atoms with Gasteiger partial charge < -0.3 is 9.84 Å². The van der Waals surface area contributed by atoms with Crippen LogP contribution < -0.4 is 0 Å². The fourth-order valence-corrected chi connectivity index (χ4v) is 1.46. The summed E-state index contributed by atoms with van der Waals surface area (Å²) < 4.78 is 4.79. The number of rotatable bonds is 6. The molecule has 0 radical (unpaired) electrons. The number of carboxylic acid groups (broad SMARTS) is 1. The highest BCUT2D eigenvalue weighted by molar-refractivity contribution is 5.99. The fourth-order valence-electron chi connectivity index (χ4n) is 1.46. The zero-order valence-electron chi connectivity index (χ0n) is 9.00. The summed E-state index contributed by atoms with van der Waals surface area (Å²) in [5, 5.41) is 9.05. The van der Waals surface area contributed by atoms with Crippen LogP contribution in [0.3, 0.4) is 0 Å². The highest BCUT2D eigenvalue weighted by Gasteiger charge is 2.45. The molecule has 0 bridgehead atoms. The lowest BCUT2D eigenvalue weighted by Gasteiger charge is -2.24. The first-order valence-electron chi connectivity index (χ1n) is 4.95. The predicted molar refractivity (Wildman–Crippen MR) is 51.9 cm³/mol. The first-order valence-corrected chi connectivity index (χ1v) is 4.95. The Balaban J connectivity index is 4.82. The molecule has 0 aromatic rings. The molecule has 0 aliphatic rings. The third kappa shape index (κ3) is 2.47. The minimum atomic E-state index is -1.34. The average Bonchev–Trinajstić information content (AvgIpc) is 2.14. The average molecular weight is 202 g/mol. The number of hydrogen-bond donors (Lipinski definition) is 1. The van der Waals surface area contributed by atoms with Crippen LogP contribution in [0.25, 0.3) is 0 Å². The van der Waals surface area contributed by atoms with Crippen molar-refractivity contribution in [3.05, 3.63) is 0 Å². The monoisotopic (exact) mass is 202 g/mol. The van der Waals surface area contributed by atoms with Gasteiger partial charge in [-0.05, 0) is 19.8 Å². The van der Waals surface area contributed by atoms with Crippen molar-refractivity contribution in [1.82, 2.24) is 0 Å². The fraction of sp³-hybridized carbons (Fsp3) is 0.800. The first kappa shape index (κ1) is 12.9. The summed E-state index contributed by atoms with van der Waals surface area (Å²) in [6.07, 6.45) is 1.26. The Bertz CT molecular complexity index is 212. The molecule has 14 heavy (non-hydrogen) atoms. The second-order valence-electron chi connectivity index (χ2n) is 3.21. The van der Waals surface area contributed by atoms with Crippen LogP contribution in [0, 0.1) is 5.41 Å². The van der Waals surface area contributed by atoms with E-state index in [1.54, 1.807) is 13.8 Å². The van der Waals surface area contributed by atoms with Gasteiger partial charge in [0.25, 0.3) is 0 Å². The van der Waals surface area contributed by atoms with E-state index in [9.17, 15) is 9.59 Å². The molecule has 4 heteroatoms. The Labute approximate surface area is 84.3 Å². The number of ether oxygens (including phenoxy) is 1. The Kier molecular flexibility index (Phi) is 5.20. The summed E-state index contributed by atoms with van der Waals surface area (Å²) in [6, 6.07) is 0. The Morgan fingerprint density at radius 1 is 1.29 bits per heavy atom. The highest BCUT2D eigenvalue weighted by atomic mass is 16.5. The molecule has 0 heterocycles. The number of carboxylic acids is 1. The third-order valence-electron chi connectivity index (χ3n) is 2.36. The molecule has 0 aromatic heterocycles. The van der Waals surface area contributed by atoms with E-state index < -0.39 is 17.4 Å². The molecular formula is C10H18O4. The van der Waals surface area contributed by atoms with Crippen molar-refractivity contribution in [2.24, 2.45) is 5.41 Å². The molecule has 0 aliphatic heterocycles. The van der Waals surface area contributed by atoms with Crippen molar-refractivity contribution in [3.63, 3.8) is 0 Å². The maximum Gasteiger partial charge on any atom is 0.323 e. The van der Waals surface area contributed by atoms with Crippen molar-refractivity contribution in [3.8, 4) is 0 Å². The van der Waals surface area contributed by atoms with Crippen LogP contribution in [-0.4, -0.2) is 23.7 Å². The zero-order chi connectivity index (χ0) is 11.2. The normalized spacial score (nSPS) is 14.5. The van der Waals surface area contributed by atoms with Gasteiger partial charge in [-0.3, -0.25) is 9.59 Å². The van der Waals surface area contributed by atoms with Crippen LogP contribution in [0.4, 0.5) is 0 Å². The first-order chi connectivity index (χ1) is 6.55. The van der Waals surface area contributed by atoms with Gasteiger partial charge >= 0.3 is 11.9 Å². The molecule has 0 amide bonds. The van der Waals surface area contributed by atoms with E-state index in [1.807, 2.05) is 6.92 Å². The van der Waals surface area contributed by atoms with E-state index in [-0.39, 0.29) is 13.0 Å². The second-order valence-corrected chi connectivity index (χ2v) is 3.21. The number of aliphatic carboxylic acids is 1. The van der Waals surface area contributed by atoms with Crippen molar-refractivity contribution in [2.45, 2.75) is 40.0 Å². The van der Waals surface area contributed by atoms with Gasteiger partial charge in [-0.25, -0.2) is 0 Å². The van der Waals surface area contributed by atoms with E-state index in [4.69, 9.17) is 9.84 Å². The molecule has 0 fully saturated rings. The minimum Gasteiger partial charge on any atom is -0.480 e. The van der Waals surface area contributed by atoms with E-state index in [0.29, 0.717) is 12.8 Å². The number of hydrogen-bond acceptors (Lipinski definition) is 3. The topological polar surface area (TPSA) is 63.6 Å². The standard InChI is InChI=1S/C10H18O4/c1-4-7-10(5-2,8(11)12)9(13)14-6-3/h4-7H2,1-3H3,(H,11,12). The van der Waals surface area contributed by atoms with Gasteiger partial charge in [0.15, 0.2) is 5.41 Å². The van der Waals surface area contributed by atoms with Crippen molar-refractivity contribution < 1.29 is 19.4 Å². The van der Waals surface area contributed by atoms with Crippen LogP contribution >= 0.6 is 0 Å². The van der Waals surface area contributed by atoms with E-state index >= 15 is 0 Å². The molecule has 1 N–H and O–H groups in total. The quantitative estimate of drug-likeness (QED) is 0.527. The molecule has 0 saturated heterocycles. The Morgan fingerprint density at radius 3 is 2.14 bits per heavy atom. The third-order valence-corrected chi connectivity index (χ3v) is 2.36. The summed E-state index contributed by atoms with van der Waals surface area (Å²) in [5.41, 5.74) is -1.34. The molecule has 0 spiro atoms. The van der Waals surface area contributed by atoms with Crippen LogP contribution in [0.15, 0.2) is 0 Å². The SMILES string of the molecule is CCCC(CC)(C(=O)O)C(=O)OCC. The van der Waals surface area contributed by atoms with Crippen molar-refractivity contribution in [2.75, 3.05) is 6.61 Å². The lowest BCUT2D eigenvalue weighted by molar-refractivity contribution is -0.169. The molecule has 0 aromatic carbocycles. The molecule has 0 aliphatic carbocycles. The summed E-state index contributed by atoms with van der Waals surface area (Å²) in [6.45, 7) is 5.44. The van der Waals surface area contributed by atoms with Crippen molar-refractivity contribution >= 4 is 11.9 Å². The molecule has 4 nitrogen and oxygen atoms in total. The van der Waals surface area contributed by atoms with Crippen molar-refractivity contribution in [1.29, 1.82) is 0 Å². The molecule has 0 saturated carbocycles. The maximum absolute atomic E-state index is 11.5. The van der Waals surface area contributed by atoms with Gasteiger partial charge in [0.2, 0.25) is 0 Å². The predicted octanol–water partition coefficient (Wildman–Crippen LogP) is 1.83. The van der Waals surface area contributed by atoms with Crippen LogP contribution in [0.2, 0.25) is 0 Å². The van der Waals surface area contributed by atoms with Gasteiger partial charge in [-0.2, -0.15) is 0 Å². The summed E-state index contributed by atoms with van der Waals surface area (Å²) in [4.78, 5) is 22.6. The Hall–Kier alpha value is -1.06. The number of carbonyl (C=O) groups excluding carboxylic acids is 1. The largest absolute Gasteiger partial charge is 0.480 e. The Morgan fingerprint density at radius 2 is 1.86 bits per heavy atom. The molecule has 1 unspecified atom stereocenters. The summed E-state index contributed by atoms with van der Waals surface area (Å²) in [7, 11) is 0. The molecular weight excluding hydrogens is 184 g/mol.